The summed E-state index contributed by atoms with van der Waals surface area (Å²) in [7, 11) is 0. The molecule has 0 aromatic heterocycles. The Morgan fingerprint density at radius 1 is 0.760 bits per heavy atom. The second kappa shape index (κ2) is 11.9. The van der Waals surface area contributed by atoms with E-state index >= 15 is 0 Å². The molecule has 1 aromatic rings. The fourth-order valence-corrected chi connectivity index (χ4v) is 3.62. The molecule has 0 bridgehead atoms. The SMILES string of the molecule is CCCCCCCCCCCCN1CCN(Cc2ccccc2)C1=N. The van der Waals surface area contributed by atoms with Gasteiger partial charge in [0.05, 0.1) is 0 Å². The topological polar surface area (TPSA) is 30.3 Å². The van der Waals surface area contributed by atoms with Crippen LogP contribution < -0.4 is 0 Å². The van der Waals surface area contributed by atoms with E-state index in [1.165, 1.54) is 69.8 Å². The molecule has 140 valence electrons. The van der Waals surface area contributed by atoms with E-state index < -0.39 is 0 Å². The minimum atomic E-state index is 0.722. The van der Waals surface area contributed by atoms with Crippen LogP contribution in [0.2, 0.25) is 0 Å². The Bertz CT molecular complexity index is 471. The lowest BCUT2D eigenvalue weighted by atomic mass is 10.1. The Labute approximate surface area is 154 Å². The highest BCUT2D eigenvalue weighted by Gasteiger charge is 2.24. The van der Waals surface area contributed by atoms with Gasteiger partial charge in [-0.05, 0) is 12.0 Å². The quantitative estimate of drug-likeness (QED) is 0.468. The maximum Gasteiger partial charge on any atom is 0.194 e. The lowest BCUT2D eigenvalue weighted by Gasteiger charge is -2.21. The Kier molecular flexibility index (Phi) is 9.46. The lowest BCUT2D eigenvalue weighted by Crippen LogP contribution is -2.32. The Hall–Kier alpha value is -1.51. The van der Waals surface area contributed by atoms with Crippen molar-refractivity contribution in [2.24, 2.45) is 0 Å². The van der Waals surface area contributed by atoms with Crippen LogP contribution in [0.1, 0.15) is 76.7 Å². The van der Waals surface area contributed by atoms with Gasteiger partial charge < -0.3 is 9.80 Å². The van der Waals surface area contributed by atoms with Crippen LogP contribution in [0.5, 0.6) is 0 Å². The van der Waals surface area contributed by atoms with Gasteiger partial charge in [0.15, 0.2) is 5.96 Å². The first-order valence-electron chi connectivity index (χ1n) is 10.4. The molecule has 0 radical (unpaired) electrons. The largest absolute Gasteiger partial charge is 0.341 e. The van der Waals surface area contributed by atoms with E-state index in [2.05, 4.69) is 47.1 Å². The molecule has 2 rings (SSSR count). The van der Waals surface area contributed by atoms with E-state index in [1.54, 1.807) is 0 Å². The van der Waals surface area contributed by atoms with Crippen LogP contribution in [0, 0.1) is 5.41 Å². The predicted octanol–water partition coefficient (Wildman–Crippen LogP) is 5.66. The van der Waals surface area contributed by atoms with Crippen molar-refractivity contribution in [1.29, 1.82) is 5.41 Å². The van der Waals surface area contributed by atoms with Gasteiger partial charge in [-0.25, -0.2) is 0 Å². The molecule has 0 atom stereocenters. The van der Waals surface area contributed by atoms with Crippen molar-refractivity contribution in [2.45, 2.75) is 77.7 Å². The van der Waals surface area contributed by atoms with E-state index in [9.17, 15) is 0 Å². The van der Waals surface area contributed by atoms with Crippen LogP contribution >= 0.6 is 0 Å². The second-order valence-corrected chi connectivity index (χ2v) is 7.40. The van der Waals surface area contributed by atoms with Gasteiger partial charge in [-0.3, -0.25) is 5.41 Å². The van der Waals surface area contributed by atoms with Crippen LogP contribution in [0.4, 0.5) is 0 Å². The average Bonchev–Trinajstić information content (AvgIpc) is 2.97. The maximum atomic E-state index is 8.39. The van der Waals surface area contributed by atoms with Crippen molar-refractivity contribution in [3.63, 3.8) is 0 Å². The fourth-order valence-electron chi connectivity index (χ4n) is 3.62. The van der Waals surface area contributed by atoms with E-state index in [1.807, 2.05) is 0 Å². The zero-order valence-corrected chi connectivity index (χ0v) is 16.2. The number of nitrogens with one attached hydrogen (secondary N) is 1. The highest BCUT2D eigenvalue weighted by atomic mass is 15.4. The van der Waals surface area contributed by atoms with Gasteiger partial charge in [0.25, 0.3) is 0 Å². The summed E-state index contributed by atoms with van der Waals surface area (Å²) < 4.78 is 0. The molecule has 0 saturated carbocycles. The molecule has 1 fully saturated rings. The van der Waals surface area contributed by atoms with E-state index in [-0.39, 0.29) is 0 Å². The molecular weight excluding hydrogens is 306 g/mol. The summed E-state index contributed by atoms with van der Waals surface area (Å²) in [6.07, 6.45) is 13.7. The minimum absolute atomic E-state index is 0.722. The molecule has 1 saturated heterocycles. The molecule has 1 N–H and O–H groups in total. The van der Waals surface area contributed by atoms with Crippen LogP contribution in [-0.4, -0.2) is 35.4 Å². The molecule has 3 nitrogen and oxygen atoms in total. The van der Waals surface area contributed by atoms with Crippen molar-refractivity contribution in [2.75, 3.05) is 19.6 Å². The van der Waals surface area contributed by atoms with E-state index in [4.69, 9.17) is 5.41 Å². The molecule has 25 heavy (non-hydrogen) atoms. The van der Waals surface area contributed by atoms with Crippen molar-refractivity contribution < 1.29 is 0 Å². The smallest absolute Gasteiger partial charge is 0.194 e. The summed E-state index contributed by atoms with van der Waals surface area (Å²) in [5, 5.41) is 8.39. The number of unbranched alkanes of at least 4 members (excludes halogenated alkanes) is 9. The first-order chi connectivity index (χ1) is 12.3. The molecule has 0 spiro atoms. The van der Waals surface area contributed by atoms with E-state index in [0.717, 1.165) is 32.1 Å². The highest BCUT2D eigenvalue weighted by Crippen LogP contribution is 2.15. The normalized spacial score (nSPS) is 14.5. The second-order valence-electron chi connectivity index (χ2n) is 7.40. The van der Waals surface area contributed by atoms with Gasteiger partial charge in [0.2, 0.25) is 0 Å². The Morgan fingerprint density at radius 2 is 1.32 bits per heavy atom. The number of guanidine groups is 1. The summed E-state index contributed by atoms with van der Waals surface area (Å²) in [4.78, 5) is 4.46. The maximum absolute atomic E-state index is 8.39. The van der Waals surface area contributed by atoms with Gasteiger partial charge >= 0.3 is 0 Å². The minimum Gasteiger partial charge on any atom is -0.341 e. The van der Waals surface area contributed by atoms with Crippen LogP contribution in [0.15, 0.2) is 30.3 Å². The molecule has 1 aliphatic heterocycles. The number of rotatable bonds is 13. The Balaban J connectivity index is 1.50. The average molecular weight is 344 g/mol. The van der Waals surface area contributed by atoms with Gasteiger partial charge in [-0.2, -0.15) is 0 Å². The van der Waals surface area contributed by atoms with Crippen molar-refractivity contribution >= 4 is 5.96 Å². The van der Waals surface area contributed by atoms with Gasteiger partial charge in [-0.15, -0.1) is 0 Å². The first kappa shape index (κ1) is 19.8. The summed E-state index contributed by atoms with van der Waals surface area (Å²) in [6, 6.07) is 10.5. The van der Waals surface area contributed by atoms with Crippen LogP contribution in [0.25, 0.3) is 0 Å². The third kappa shape index (κ3) is 7.50. The molecule has 0 amide bonds. The predicted molar refractivity (Wildman–Crippen MR) is 108 cm³/mol. The molecule has 0 unspecified atom stereocenters. The molecule has 1 aliphatic rings. The molecular formula is C22H37N3. The fraction of sp³-hybridized carbons (Fsp3) is 0.682. The van der Waals surface area contributed by atoms with Crippen molar-refractivity contribution in [3.05, 3.63) is 35.9 Å². The number of hydrogen-bond donors (Lipinski definition) is 1. The summed E-state index contributed by atoms with van der Waals surface area (Å²) in [5.41, 5.74) is 1.30. The molecule has 1 aromatic carbocycles. The van der Waals surface area contributed by atoms with Gasteiger partial charge in [0.1, 0.15) is 0 Å². The molecule has 3 heteroatoms. The lowest BCUT2D eigenvalue weighted by molar-refractivity contribution is 0.431. The highest BCUT2D eigenvalue weighted by molar-refractivity contribution is 5.78. The monoisotopic (exact) mass is 343 g/mol. The summed E-state index contributed by atoms with van der Waals surface area (Å²) >= 11 is 0. The number of nitrogens with zero attached hydrogens (tertiary/aromatic N) is 2. The van der Waals surface area contributed by atoms with Gasteiger partial charge in [0, 0.05) is 26.2 Å². The Morgan fingerprint density at radius 3 is 1.96 bits per heavy atom. The summed E-state index contributed by atoms with van der Waals surface area (Å²) in [6.45, 7) is 6.21. The van der Waals surface area contributed by atoms with Crippen molar-refractivity contribution in [3.8, 4) is 0 Å². The third-order valence-corrected chi connectivity index (χ3v) is 5.24. The zero-order valence-electron chi connectivity index (χ0n) is 16.2. The van der Waals surface area contributed by atoms with Crippen LogP contribution in [-0.2, 0) is 6.54 Å². The molecule has 1 heterocycles. The molecule has 0 aliphatic carbocycles. The van der Waals surface area contributed by atoms with Crippen LogP contribution in [0.3, 0.4) is 0 Å². The van der Waals surface area contributed by atoms with E-state index in [0.29, 0.717) is 0 Å². The zero-order chi connectivity index (χ0) is 17.7. The first-order valence-corrected chi connectivity index (χ1v) is 10.4. The number of benzene rings is 1. The number of hydrogen-bond acceptors (Lipinski definition) is 1. The van der Waals surface area contributed by atoms with Crippen molar-refractivity contribution in [1.82, 2.24) is 9.80 Å². The third-order valence-electron chi connectivity index (χ3n) is 5.24. The van der Waals surface area contributed by atoms with Gasteiger partial charge in [-0.1, -0.05) is 95.0 Å². The standard InChI is InChI=1S/C22H37N3/c1-2-3-4-5-6-7-8-9-10-14-17-24-18-19-25(22(24)23)20-21-15-12-11-13-16-21/h11-13,15-16,23H,2-10,14,17-20H2,1H3. The summed E-state index contributed by atoms with van der Waals surface area (Å²) in [5.74, 6) is 0.722.